The highest BCUT2D eigenvalue weighted by atomic mass is 32.2. The fourth-order valence-corrected chi connectivity index (χ4v) is 10.3. The number of aliphatic hydroxyl groups excluding tert-OH is 8. The smallest absolute Gasteiger partial charge is 0.273 e. The highest BCUT2D eigenvalue weighted by Gasteiger charge is 2.56. The number of unbranched alkanes of at least 4 members (excludes halogenated alkanes) is 22. The van der Waals surface area contributed by atoms with Gasteiger partial charge in [-0.15, -0.1) is 0 Å². The Labute approximate surface area is 389 Å². The average molecular weight is 959 g/mol. The van der Waals surface area contributed by atoms with E-state index in [0.717, 1.165) is 51.4 Å². The van der Waals surface area contributed by atoms with E-state index in [2.05, 4.69) is 13.8 Å². The lowest BCUT2D eigenvalue weighted by Gasteiger charge is -2.49. The van der Waals surface area contributed by atoms with Crippen LogP contribution in [0.4, 0.5) is 0 Å². The fourth-order valence-electron chi connectivity index (χ4n) is 9.32. The van der Waals surface area contributed by atoms with Crippen LogP contribution in [-0.4, -0.2) is 164 Å². The van der Waals surface area contributed by atoms with E-state index in [1.165, 1.54) is 110 Å². The second-order valence-corrected chi connectivity index (χ2v) is 20.5. The van der Waals surface area contributed by atoms with Crippen molar-refractivity contribution in [2.45, 2.75) is 285 Å². The number of ether oxygens (including phenoxy) is 6. The molecule has 3 fully saturated rings. The Balaban J connectivity index is 1.74. The first-order valence-corrected chi connectivity index (χ1v) is 26.9. The third kappa shape index (κ3) is 19.9. The summed E-state index contributed by atoms with van der Waals surface area (Å²) in [5.41, 5.74) is 0. The third-order valence-electron chi connectivity index (χ3n) is 13.4. The molecule has 65 heavy (non-hydrogen) atoms. The van der Waals surface area contributed by atoms with E-state index in [0.29, 0.717) is 12.8 Å². The molecule has 18 heteroatoms. The van der Waals surface area contributed by atoms with Crippen LogP contribution in [0.5, 0.6) is 0 Å². The van der Waals surface area contributed by atoms with Gasteiger partial charge in [0.15, 0.2) is 18.9 Å². The van der Waals surface area contributed by atoms with Crippen LogP contribution in [0.25, 0.3) is 0 Å². The molecule has 3 saturated heterocycles. The summed E-state index contributed by atoms with van der Waals surface area (Å²) in [6.45, 7) is 4.16. The monoisotopic (exact) mass is 959 g/mol. The second kappa shape index (κ2) is 32.3. The van der Waals surface area contributed by atoms with Gasteiger partial charge in [-0.25, -0.2) is 0 Å². The Bertz CT molecular complexity index is 1290. The predicted octanol–water partition coefficient (Wildman–Crippen LogP) is 4.93. The summed E-state index contributed by atoms with van der Waals surface area (Å²) >= 11 is 0. The molecule has 0 radical (unpaired) electrons. The summed E-state index contributed by atoms with van der Waals surface area (Å²) in [4.78, 5) is 0. The van der Waals surface area contributed by atoms with Crippen LogP contribution in [0.15, 0.2) is 0 Å². The van der Waals surface area contributed by atoms with E-state index in [4.69, 9.17) is 28.4 Å². The van der Waals surface area contributed by atoms with Crippen molar-refractivity contribution in [3.8, 4) is 0 Å². The van der Waals surface area contributed by atoms with Gasteiger partial charge < -0.3 is 69.3 Å². The highest BCUT2D eigenvalue weighted by Crippen LogP contribution is 2.36. The minimum Gasteiger partial charge on any atom is -0.394 e. The first-order chi connectivity index (χ1) is 31.2. The van der Waals surface area contributed by atoms with Crippen LogP contribution in [0.3, 0.4) is 0 Å². The number of aliphatic hydroxyl groups is 8. The van der Waals surface area contributed by atoms with Gasteiger partial charge in [-0.1, -0.05) is 168 Å². The Morgan fingerprint density at radius 3 is 1.29 bits per heavy atom. The number of hydrogen-bond acceptors (Lipinski definition) is 16. The zero-order valence-corrected chi connectivity index (χ0v) is 40.6. The van der Waals surface area contributed by atoms with Gasteiger partial charge in [-0.2, -0.15) is 8.42 Å². The minimum atomic E-state index is -5.15. The van der Waals surface area contributed by atoms with Gasteiger partial charge in [-0.05, 0) is 19.8 Å². The maximum Gasteiger partial charge on any atom is 0.273 e. The van der Waals surface area contributed by atoms with Crippen LogP contribution < -0.4 is 0 Å². The van der Waals surface area contributed by atoms with Crippen molar-refractivity contribution in [2.75, 3.05) is 13.2 Å². The van der Waals surface area contributed by atoms with Crippen LogP contribution in [-0.2, 0) is 38.5 Å². The van der Waals surface area contributed by atoms with Crippen molar-refractivity contribution in [3.05, 3.63) is 0 Å². The molecule has 3 rings (SSSR count). The van der Waals surface area contributed by atoms with Crippen LogP contribution >= 0.6 is 0 Å². The molecule has 386 valence electrons. The van der Waals surface area contributed by atoms with Gasteiger partial charge in [-0.3, -0.25) is 4.55 Å². The minimum absolute atomic E-state index is 0.363. The van der Waals surface area contributed by atoms with E-state index in [1.807, 2.05) is 0 Å². The van der Waals surface area contributed by atoms with Crippen LogP contribution in [0, 0.1) is 0 Å². The molecule has 3 heterocycles. The molecule has 3 aliphatic rings. The number of hydrogen-bond donors (Lipinski definition) is 9. The molecule has 0 amide bonds. The topological polar surface area (TPSA) is 272 Å². The lowest BCUT2D eigenvalue weighted by Crippen LogP contribution is -2.67. The molecule has 0 bridgehead atoms. The van der Waals surface area contributed by atoms with E-state index >= 15 is 0 Å². The van der Waals surface area contributed by atoms with E-state index < -0.39 is 115 Å². The Morgan fingerprint density at radius 1 is 0.462 bits per heavy atom. The van der Waals surface area contributed by atoms with Gasteiger partial charge in [0.2, 0.25) is 0 Å². The maximum atomic E-state index is 12.3. The van der Waals surface area contributed by atoms with Crippen molar-refractivity contribution in [3.63, 3.8) is 0 Å². The summed E-state index contributed by atoms with van der Waals surface area (Å²) in [5.74, 6) is 0. The zero-order valence-electron chi connectivity index (χ0n) is 39.7. The maximum absolute atomic E-state index is 12.3. The van der Waals surface area contributed by atoms with Gasteiger partial charge in [0.05, 0.1) is 25.4 Å². The summed E-state index contributed by atoms with van der Waals surface area (Å²) in [7, 11) is -5.15. The normalized spacial score (nSPS) is 33.5. The lowest BCUT2D eigenvalue weighted by atomic mass is 9.96. The standard InChI is InChI=1S/C47H90O17S/c1-4-6-8-10-12-14-16-18-20-22-24-26-28-33(29-27-25-23-21-19-17-15-13-11-9-7-5-2)60-46-40(54)43(64-45-39(53)38(52)36(50)32(3)59-45)42(35(31-49)62-46)63-47-41(55)44(65(56,57)58)37(51)34(30-48)61-47/h32-55H,4-31H2,1-3H3,(H,56,57,58)/t32?,34?,35?,36-,37+,38?,39?,40?,41?,42-,43?,44?,45+,46-,47+/m1/s1. The molecule has 15 atom stereocenters. The molecule has 17 nitrogen and oxygen atoms in total. The van der Waals surface area contributed by atoms with Crippen molar-refractivity contribution >= 4 is 10.1 Å². The average Bonchev–Trinajstić information content (AvgIpc) is 3.27. The predicted molar refractivity (Wildman–Crippen MR) is 243 cm³/mol. The Morgan fingerprint density at radius 2 is 0.862 bits per heavy atom. The molecular formula is C47H90O17S. The lowest BCUT2D eigenvalue weighted by molar-refractivity contribution is -0.384. The highest BCUT2D eigenvalue weighted by molar-refractivity contribution is 7.86. The van der Waals surface area contributed by atoms with Crippen LogP contribution in [0.1, 0.15) is 188 Å². The second-order valence-electron chi connectivity index (χ2n) is 18.9. The Kier molecular flexibility index (Phi) is 29.1. The fraction of sp³-hybridized carbons (Fsp3) is 1.00. The molecule has 0 spiro atoms. The molecule has 0 aromatic rings. The first kappa shape index (κ1) is 58.7. The van der Waals surface area contributed by atoms with Gasteiger partial charge in [0.25, 0.3) is 10.1 Å². The van der Waals surface area contributed by atoms with Crippen molar-refractivity contribution < 1.29 is 82.2 Å². The van der Waals surface area contributed by atoms with Crippen molar-refractivity contribution in [1.29, 1.82) is 0 Å². The van der Waals surface area contributed by atoms with Gasteiger partial charge in [0.1, 0.15) is 66.3 Å². The van der Waals surface area contributed by atoms with Crippen molar-refractivity contribution in [2.24, 2.45) is 0 Å². The first-order valence-electron chi connectivity index (χ1n) is 25.4. The van der Waals surface area contributed by atoms with E-state index in [1.54, 1.807) is 0 Å². The quantitative estimate of drug-likeness (QED) is 0.0301. The SMILES string of the molecule is CCCCCCCCCCCCCCC(CCCCCCCCCCCCCC)O[C@@H]1OC(CO)[C@@H](O[C@@H]2OC(CO)[C@H](O)C(S(=O)(=O)O)C2O)C(O[C@@H]2OC(C)[C@@H](O)C(O)C2O)C1O. The molecule has 9 N–H and O–H groups in total. The van der Waals surface area contributed by atoms with Gasteiger partial charge >= 0.3 is 0 Å². The Hall–Kier alpha value is -0.650. The van der Waals surface area contributed by atoms with E-state index in [-0.39, 0.29) is 6.10 Å². The molecule has 3 aliphatic heterocycles. The molecule has 0 aromatic carbocycles. The zero-order chi connectivity index (χ0) is 47.8. The molecule has 0 saturated carbocycles. The summed E-state index contributed by atoms with van der Waals surface area (Å²) in [5, 5.41) is 83.8. The molecule has 0 aliphatic carbocycles. The van der Waals surface area contributed by atoms with Crippen molar-refractivity contribution in [1.82, 2.24) is 0 Å². The molecular weight excluding hydrogens is 869 g/mol. The van der Waals surface area contributed by atoms with E-state index in [9.17, 15) is 53.8 Å². The van der Waals surface area contributed by atoms with Crippen LogP contribution in [0.2, 0.25) is 0 Å². The molecule has 9 unspecified atom stereocenters. The van der Waals surface area contributed by atoms with Gasteiger partial charge in [0, 0.05) is 0 Å². The summed E-state index contributed by atoms with van der Waals surface area (Å²) in [6, 6.07) is 0. The summed E-state index contributed by atoms with van der Waals surface area (Å²) in [6.07, 6.45) is 5.98. The summed E-state index contributed by atoms with van der Waals surface area (Å²) < 4.78 is 70.5. The third-order valence-corrected chi connectivity index (χ3v) is 14.7. The molecule has 0 aromatic heterocycles. The number of rotatable bonds is 35. The largest absolute Gasteiger partial charge is 0.394 e.